The minimum atomic E-state index is -3.31. The number of carbonyl (C=O) groups is 1. The zero-order valence-corrected chi connectivity index (χ0v) is 13.8. The van der Waals surface area contributed by atoms with Gasteiger partial charge in [0.25, 0.3) is 0 Å². The van der Waals surface area contributed by atoms with Gasteiger partial charge in [-0.1, -0.05) is 24.3 Å². The van der Waals surface area contributed by atoms with E-state index in [0.29, 0.717) is 12.2 Å². The number of halogens is 1. The van der Waals surface area contributed by atoms with Crippen LogP contribution < -0.4 is 10.0 Å². The molecule has 7 heteroatoms. The SMILES string of the molecule is CS(=O)(=O)Nc1ccc(/C=C/C(=O)NCc2ccc(F)cc2)cc1. The van der Waals surface area contributed by atoms with Crippen molar-refractivity contribution in [3.05, 3.63) is 71.6 Å². The Labute approximate surface area is 140 Å². The predicted molar refractivity (Wildman–Crippen MR) is 92.2 cm³/mol. The van der Waals surface area contributed by atoms with Gasteiger partial charge >= 0.3 is 0 Å². The van der Waals surface area contributed by atoms with Crippen LogP contribution in [0.3, 0.4) is 0 Å². The third-order valence-electron chi connectivity index (χ3n) is 3.02. The summed E-state index contributed by atoms with van der Waals surface area (Å²) in [6, 6.07) is 12.5. The molecule has 0 fully saturated rings. The Kier molecular flexibility index (Phi) is 5.70. The fraction of sp³-hybridized carbons (Fsp3) is 0.118. The van der Waals surface area contributed by atoms with Crippen LogP contribution in [0.15, 0.2) is 54.6 Å². The lowest BCUT2D eigenvalue weighted by Gasteiger charge is -2.04. The van der Waals surface area contributed by atoms with Crippen molar-refractivity contribution in [3.63, 3.8) is 0 Å². The van der Waals surface area contributed by atoms with Crippen molar-refractivity contribution in [1.82, 2.24) is 5.32 Å². The number of anilines is 1. The molecule has 0 bridgehead atoms. The highest BCUT2D eigenvalue weighted by molar-refractivity contribution is 7.92. The summed E-state index contributed by atoms with van der Waals surface area (Å²) in [5, 5.41) is 2.69. The number of hydrogen-bond donors (Lipinski definition) is 2. The molecule has 0 saturated heterocycles. The summed E-state index contributed by atoms with van der Waals surface area (Å²) in [7, 11) is -3.31. The molecule has 2 N–H and O–H groups in total. The second kappa shape index (κ2) is 7.74. The fourth-order valence-electron chi connectivity index (χ4n) is 1.90. The number of hydrogen-bond acceptors (Lipinski definition) is 3. The summed E-state index contributed by atoms with van der Waals surface area (Å²) < 4.78 is 37.4. The van der Waals surface area contributed by atoms with Gasteiger partial charge in [-0.2, -0.15) is 0 Å². The Bertz CT molecular complexity index is 829. The molecule has 2 rings (SSSR count). The van der Waals surface area contributed by atoms with Crippen LogP contribution >= 0.6 is 0 Å². The molecule has 0 heterocycles. The molecule has 126 valence electrons. The first kappa shape index (κ1) is 17.7. The summed E-state index contributed by atoms with van der Waals surface area (Å²) in [6.45, 7) is 0.306. The van der Waals surface area contributed by atoms with Gasteiger partial charge in [0.1, 0.15) is 5.82 Å². The minimum Gasteiger partial charge on any atom is -0.348 e. The summed E-state index contributed by atoms with van der Waals surface area (Å²) >= 11 is 0. The largest absolute Gasteiger partial charge is 0.348 e. The number of sulfonamides is 1. The van der Waals surface area contributed by atoms with Crippen molar-refractivity contribution in [1.29, 1.82) is 0 Å². The summed E-state index contributed by atoms with van der Waals surface area (Å²) in [6.07, 6.45) is 4.07. The quantitative estimate of drug-likeness (QED) is 0.788. The predicted octanol–water partition coefficient (Wildman–Crippen LogP) is 2.53. The molecule has 2 aromatic carbocycles. The van der Waals surface area contributed by atoms with Crippen LogP contribution in [-0.4, -0.2) is 20.6 Å². The first-order chi connectivity index (χ1) is 11.3. The van der Waals surface area contributed by atoms with Crippen LogP contribution in [0.1, 0.15) is 11.1 Å². The second-order valence-electron chi connectivity index (χ2n) is 5.17. The van der Waals surface area contributed by atoms with Crippen molar-refractivity contribution in [3.8, 4) is 0 Å². The van der Waals surface area contributed by atoms with E-state index < -0.39 is 10.0 Å². The molecule has 2 aromatic rings. The molecular formula is C17H17FN2O3S. The number of carbonyl (C=O) groups excluding carboxylic acids is 1. The molecule has 0 unspecified atom stereocenters. The highest BCUT2D eigenvalue weighted by Gasteiger charge is 2.01. The van der Waals surface area contributed by atoms with E-state index in [9.17, 15) is 17.6 Å². The molecule has 0 aliphatic carbocycles. The third kappa shape index (κ3) is 6.21. The van der Waals surface area contributed by atoms with Gasteiger partial charge in [0.15, 0.2) is 0 Å². The van der Waals surface area contributed by atoms with Gasteiger partial charge in [0, 0.05) is 18.3 Å². The maximum absolute atomic E-state index is 12.8. The molecule has 0 aliphatic rings. The molecule has 0 spiro atoms. The van der Waals surface area contributed by atoms with Crippen LogP contribution in [-0.2, 0) is 21.4 Å². The molecular weight excluding hydrogens is 331 g/mol. The van der Waals surface area contributed by atoms with E-state index in [-0.39, 0.29) is 11.7 Å². The van der Waals surface area contributed by atoms with Crippen LogP contribution in [0.25, 0.3) is 6.08 Å². The number of rotatable bonds is 6. The Morgan fingerprint density at radius 2 is 1.71 bits per heavy atom. The summed E-state index contributed by atoms with van der Waals surface area (Å²) in [5.41, 5.74) is 2.01. The number of nitrogens with one attached hydrogen (secondary N) is 2. The van der Waals surface area contributed by atoms with E-state index in [4.69, 9.17) is 0 Å². The Balaban J connectivity index is 1.88. The Morgan fingerprint density at radius 3 is 2.29 bits per heavy atom. The first-order valence-corrected chi connectivity index (χ1v) is 8.99. The van der Waals surface area contributed by atoms with Gasteiger partial charge in [-0.15, -0.1) is 0 Å². The van der Waals surface area contributed by atoms with Crippen molar-refractivity contribution in [2.45, 2.75) is 6.54 Å². The molecule has 5 nitrogen and oxygen atoms in total. The maximum Gasteiger partial charge on any atom is 0.244 e. The van der Waals surface area contributed by atoms with Crippen molar-refractivity contribution < 1.29 is 17.6 Å². The van der Waals surface area contributed by atoms with E-state index in [1.165, 1.54) is 18.2 Å². The average molecular weight is 348 g/mol. The molecule has 24 heavy (non-hydrogen) atoms. The number of benzene rings is 2. The summed E-state index contributed by atoms with van der Waals surface area (Å²) in [4.78, 5) is 11.7. The van der Waals surface area contributed by atoms with Gasteiger partial charge in [-0.3, -0.25) is 9.52 Å². The lowest BCUT2D eigenvalue weighted by atomic mass is 10.2. The van der Waals surface area contributed by atoms with Crippen molar-refractivity contribution >= 4 is 27.7 Å². The van der Waals surface area contributed by atoms with E-state index >= 15 is 0 Å². The lowest BCUT2D eigenvalue weighted by molar-refractivity contribution is -0.116. The standard InChI is InChI=1S/C17H17FN2O3S/c1-24(22,23)20-16-9-4-13(5-10-16)6-11-17(21)19-12-14-2-7-15(18)8-3-14/h2-11,20H,12H2,1H3,(H,19,21)/b11-6+. The zero-order chi connectivity index (χ0) is 17.6. The Morgan fingerprint density at radius 1 is 1.08 bits per heavy atom. The van der Waals surface area contributed by atoms with Crippen molar-refractivity contribution in [2.24, 2.45) is 0 Å². The normalized spacial score (nSPS) is 11.4. The fourth-order valence-corrected chi connectivity index (χ4v) is 2.46. The summed E-state index contributed by atoms with van der Waals surface area (Å²) in [5.74, 6) is -0.601. The topological polar surface area (TPSA) is 75.3 Å². The average Bonchev–Trinajstić information content (AvgIpc) is 2.52. The number of amides is 1. The van der Waals surface area contributed by atoms with Gasteiger partial charge in [0.2, 0.25) is 15.9 Å². The van der Waals surface area contributed by atoms with Crippen LogP contribution in [0, 0.1) is 5.82 Å². The molecule has 0 radical (unpaired) electrons. The minimum absolute atomic E-state index is 0.280. The second-order valence-corrected chi connectivity index (χ2v) is 6.92. The van der Waals surface area contributed by atoms with E-state index in [2.05, 4.69) is 10.0 Å². The molecule has 0 saturated carbocycles. The molecule has 1 amide bonds. The van der Waals surface area contributed by atoms with Gasteiger partial charge < -0.3 is 5.32 Å². The Hall–Kier alpha value is -2.67. The smallest absolute Gasteiger partial charge is 0.244 e. The van der Waals surface area contributed by atoms with Crippen LogP contribution in [0.2, 0.25) is 0 Å². The molecule has 0 aromatic heterocycles. The lowest BCUT2D eigenvalue weighted by Crippen LogP contribution is -2.20. The highest BCUT2D eigenvalue weighted by Crippen LogP contribution is 2.12. The maximum atomic E-state index is 12.8. The van der Waals surface area contributed by atoms with Crippen LogP contribution in [0.4, 0.5) is 10.1 Å². The van der Waals surface area contributed by atoms with E-state index in [1.807, 2.05) is 0 Å². The van der Waals surface area contributed by atoms with Gasteiger partial charge in [0.05, 0.1) is 6.26 Å². The van der Waals surface area contributed by atoms with Gasteiger partial charge in [-0.25, -0.2) is 12.8 Å². The first-order valence-electron chi connectivity index (χ1n) is 7.10. The van der Waals surface area contributed by atoms with E-state index in [1.54, 1.807) is 42.5 Å². The van der Waals surface area contributed by atoms with Gasteiger partial charge in [-0.05, 0) is 41.5 Å². The van der Waals surface area contributed by atoms with Crippen LogP contribution in [0.5, 0.6) is 0 Å². The highest BCUT2D eigenvalue weighted by atomic mass is 32.2. The monoisotopic (exact) mass is 348 g/mol. The zero-order valence-electron chi connectivity index (χ0n) is 13.0. The third-order valence-corrected chi connectivity index (χ3v) is 3.63. The van der Waals surface area contributed by atoms with Crippen molar-refractivity contribution in [2.75, 3.05) is 11.0 Å². The van der Waals surface area contributed by atoms with E-state index in [0.717, 1.165) is 17.4 Å². The molecule has 0 aliphatic heterocycles. The molecule has 0 atom stereocenters.